The standard InChI is InChI=1S/C13H22N2O2/c1-9-11(7-5-6-8-14)12(13(16)17-4)10(2)15(9)3/h5-8,14H2,1-4H3. The monoisotopic (exact) mass is 238 g/mol. The van der Waals surface area contributed by atoms with Gasteiger partial charge in [0.2, 0.25) is 0 Å². The van der Waals surface area contributed by atoms with Crippen molar-refractivity contribution in [1.82, 2.24) is 4.57 Å². The second-order valence-corrected chi connectivity index (χ2v) is 4.32. The molecular weight excluding hydrogens is 216 g/mol. The highest BCUT2D eigenvalue weighted by atomic mass is 16.5. The van der Waals surface area contributed by atoms with Gasteiger partial charge < -0.3 is 15.0 Å². The number of carbonyl (C=O) groups excluding carboxylic acids is 1. The number of unbranched alkanes of at least 4 members (excludes halogenated alkanes) is 1. The number of hydrogen-bond donors (Lipinski definition) is 1. The summed E-state index contributed by atoms with van der Waals surface area (Å²) in [5.74, 6) is -0.242. The van der Waals surface area contributed by atoms with Gasteiger partial charge in [-0.15, -0.1) is 0 Å². The molecule has 0 amide bonds. The molecule has 17 heavy (non-hydrogen) atoms. The number of nitrogens with zero attached hydrogens (tertiary/aromatic N) is 1. The third kappa shape index (κ3) is 2.69. The molecule has 0 spiro atoms. The fourth-order valence-electron chi connectivity index (χ4n) is 2.15. The van der Waals surface area contributed by atoms with Crippen molar-refractivity contribution in [2.75, 3.05) is 13.7 Å². The molecule has 1 aromatic heterocycles. The van der Waals surface area contributed by atoms with Gasteiger partial charge in [-0.2, -0.15) is 0 Å². The van der Waals surface area contributed by atoms with Crippen LogP contribution in [0.2, 0.25) is 0 Å². The minimum atomic E-state index is -0.242. The van der Waals surface area contributed by atoms with Gasteiger partial charge >= 0.3 is 5.97 Å². The molecule has 4 nitrogen and oxygen atoms in total. The van der Waals surface area contributed by atoms with E-state index in [4.69, 9.17) is 10.5 Å². The first kappa shape index (κ1) is 13.8. The van der Waals surface area contributed by atoms with Crippen LogP contribution in [0.5, 0.6) is 0 Å². The third-order valence-corrected chi connectivity index (χ3v) is 3.38. The molecule has 0 aliphatic rings. The summed E-state index contributed by atoms with van der Waals surface area (Å²) < 4.78 is 6.90. The van der Waals surface area contributed by atoms with Crippen molar-refractivity contribution in [2.45, 2.75) is 33.1 Å². The number of aromatic nitrogens is 1. The average molecular weight is 238 g/mol. The van der Waals surface area contributed by atoms with Gasteiger partial charge in [0.1, 0.15) is 0 Å². The highest BCUT2D eigenvalue weighted by molar-refractivity contribution is 5.93. The second kappa shape index (κ2) is 5.87. The molecule has 0 aromatic carbocycles. The lowest BCUT2D eigenvalue weighted by molar-refractivity contribution is 0.0598. The maximum Gasteiger partial charge on any atom is 0.339 e. The van der Waals surface area contributed by atoms with E-state index in [1.165, 1.54) is 7.11 Å². The first-order chi connectivity index (χ1) is 8.04. The lowest BCUT2D eigenvalue weighted by Crippen LogP contribution is -2.06. The minimum absolute atomic E-state index is 0.242. The topological polar surface area (TPSA) is 57.2 Å². The molecule has 4 heteroatoms. The molecule has 0 bridgehead atoms. The van der Waals surface area contributed by atoms with Crippen LogP contribution in [0, 0.1) is 13.8 Å². The number of methoxy groups -OCH3 is 1. The van der Waals surface area contributed by atoms with Crippen molar-refractivity contribution in [3.63, 3.8) is 0 Å². The zero-order valence-electron chi connectivity index (χ0n) is 11.2. The Morgan fingerprint density at radius 2 is 1.94 bits per heavy atom. The van der Waals surface area contributed by atoms with E-state index in [1.807, 2.05) is 25.5 Å². The van der Waals surface area contributed by atoms with Crippen LogP contribution in [0.1, 0.15) is 40.2 Å². The average Bonchev–Trinajstić information content (AvgIpc) is 2.54. The van der Waals surface area contributed by atoms with E-state index in [1.54, 1.807) is 0 Å². The van der Waals surface area contributed by atoms with Gasteiger partial charge in [0.05, 0.1) is 12.7 Å². The summed E-state index contributed by atoms with van der Waals surface area (Å²) in [7, 11) is 3.40. The second-order valence-electron chi connectivity index (χ2n) is 4.32. The first-order valence-electron chi connectivity index (χ1n) is 5.97. The number of nitrogens with two attached hydrogens (primary N) is 1. The van der Waals surface area contributed by atoms with Crippen molar-refractivity contribution in [2.24, 2.45) is 12.8 Å². The highest BCUT2D eigenvalue weighted by Crippen LogP contribution is 2.23. The van der Waals surface area contributed by atoms with Crippen molar-refractivity contribution in [3.05, 3.63) is 22.5 Å². The summed E-state index contributed by atoms with van der Waals surface area (Å²) in [6, 6.07) is 0. The molecule has 0 saturated carbocycles. The Morgan fingerprint density at radius 1 is 1.29 bits per heavy atom. The lowest BCUT2D eigenvalue weighted by Gasteiger charge is -2.04. The van der Waals surface area contributed by atoms with E-state index in [9.17, 15) is 4.79 Å². The van der Waals surface area contributed by atoms with Crippen LogP contribution in [0.3, 0.4) is 0 Å². The summed E-state index contributed by atoms with van der Waals surface area (Å²) in [5, 5.41) is 0. The van der Waals surface area contributed by atoms with Crippen molar-refractivity contribution in [1.29, 1.82) is 0 Å². The quantitative estimate of drug-likeness (QED) is 0.627. The van der Waals surface area contributed by atoms with E-state index in [2.05, 4.69) is 0 Å². The molecule has 1 rings (SSSR count). The first-order valence-corrected chi connectivity index (χ1v) is 5.97. The fourth-order valence-corrected chi connectivity index (χ4v) is 2.15. The summed E-state index contributed by atoms with van der Waals surface area (Å²) in [6.07, 6.45) is 2.87. The summed E-state index contributed by atoms with van der Waals surface area (Å²) in [4.78, 5) is 11.8. The SMILES string of the molecule is COC(=O)c1c(CCCCN)c(C)n(C)c1C. The molecule has 0 atom stereocenters. The molecule has 1 heterocycles. The molecule has 0 radical (unpaired) electrons. The van der Waals surface area contributed by atoms with Crippen LogP contribution in [0.15, 0.2) is 0 Å². The minimum Gasteiger partial charge on any atom is -0.465 e. The van der Waals surface area contributed by atoms with Crippen LogP contribution < -0.4 is 5.73 Å². The molecule has 1 aromatic rings. The van der Waals surface area contributed by atoms with Gasteiger partial charge in [0, 0.05) is 18.4 Å². The summed E-state index contributed by atoms with van der Waals surface area (Å²) in [5.41, 5.74) is 9.43. The van der Waals surface area contributed by atoms with Gasteiger partial charge in [-0.3, -0.25) is 0 Å². The number of hydrogen-bond acceptors (Lipinski definition) is 3. The molecule has 0 fully saturated rings. The van der Waals surface area contributed by atoms with E-state index in [0.717, 1.165) is 41.8 Å². The maximum absolute atomic E-state index is 11.8. The Kier molecular flexibility index (Phi) is 4.75. The molecule has 0 unspecified atom stereocenters. The van der Waals surface area contributed by atoms with Crippen LogP contribution in [0.25, 0.3) is 0 Å². The van der Waals surface area contributed by atoms with Crippen molar-refractivity contribution in [3.8, 4) is 0 Å². The Balaban J connectivity index is 3.08. The zero-order chi connectivity index (χ0) is 13.0. The highest BCUT2D eigenvalue weighted by Gasteiger charge is 2.21. The van der Waals surface area contributed by atoms with E-state index < -0.39 is 0 Å². The van der Waals surface area contributed by atoms with Crippen LogP contribution in [-0.4, -0.2) is 24.2 Å². The molecule has 0 aliphatic heterocycles. The van der Waals surface area contributed by atoms with Gasteiger partial charge in [-0.05, 0) is 45.2 Å². The zero-order valence-corrected chi connectivity index (χ0v) is 11.2. The van der Waals surface area contributed by atoms with Crippen LogP contribution >= 0.6 is 0 Å². The van der Waals surface area contributed by atoms with E-state index in [-0.39, 0.29) is 5.97 Å². The fraction of sp³-hybridized carbons (Fsp3) is 0.615. The lowest BCUT2D eigenvalue weighted by atomic mass is 10.0. The Hall–Kier alpha value is -1.29. The Morgan fingerprint density at radius 3 is 2.47 bits per heavy atom. The van der Waals surface area contributed by atoms with Crippen molar-refractivity contribution < 1.29 is 9.53 Å². The third-order valence-electron chi connectivity index (χ3n) is 3.38. The molecular formula is C13H22N2O2. The van der Waals surface area contributed by atoms with Crippen LogP contribution in [-0.2, 0) is 18.2 Å². The summed E-state index contributed by atoms with van der Waals surface area (Å²) in [6.45, 7) is 4.68. The smallest absolute Gasteiger partial charge is 0.339 e. The van der Waals surface area contributed by atoms with Gasteiger partial charge in [0.25, 0.3) is 0 Å². The number of rotatable bonds is 5. The molecule has 0 saturated heterocycles. The number of carbonyl (C=O) groups is 1. The van der Waals surface area contributed by atoms with E-state index >= 15 is 0 Å². The van der Waals surface area contributed by atoms with Crippen molar-refractivity contribution >= 4 is 5.97 Å². The largest absolute Gasteiger partial charge is 0.465 e. The number of ether oxygens (including phenoxy) is 1. The maximum atomic E-state index is 11.8. The van der Waals surface area contributed by atoms with E-state index in [0.29, 0.717) is 6.54 Å². The Labute approximate surface area is 103 Å². The Bertz CT molecular complexity index is 408. The predicted molar refractivity (Wildman–Crippen MR) is 68.2 cm³/mol. The molecule has 2 N–H and O–H groups in total. The predicted octanol–water partition coefficient (Wildman–Crippen LogP) is 1.71. The normalized spacial score (nSPS) is 10.6. The summed E-state index contributed by atoms with van der Waals surface area (Å²) >= 11 is 0. The number of esters is 1. The van der Waals surface area contributed by atoms with Gasteiger partial charge in [-0.1, -0.05) is 0 Å². The van der Waals surface area contributed by atoms with Crippen LogP contribution in [0.4, 0.5) is 0 Å². The molecule has 0 aliphatic carbocycles. The van der Waals surface area contributed by atoms with Gasteiger partial charge in [-0.25, -0.2) is 4.79 Å². The molecule has 96 valence electrons. The van der Waals surface area contributed by atoms with Gasteiger partial charge in [0.15, 0.2) is 0 Å².